The average molecular weight is 501 g/mol. The molecule has 1 atom stereocenters. The zero-order valence-corrected chi connectivity index (χ0v) is 19.6. The number of allylic oxidation sites excluding steroid dienone is 2. The van der Waals surface area contributed by atoms with Gasteiger partial charge in [0.1, 0.15) is 18.5 Å². The summed E-state index contributed by atoms with van der Waals surface area (Å²) in [5, 5.41) is 0. The molecule has 33 heavy (non-hydrogen) atoms. The molecule has 3 rings (SSSR count). The summed E-state index contributed by atoms with van der Waals surface area (Å²) in [5.41, 5.74) is 4.52. The summed E-state index contributed by atoms with van der Waals surface area (Å²) in [6.45, 7) is 0.965. The van der Waals surface area contributed by atoms with E-state index in [4.69, 9.17) is 5.73 Å². The van der Waals surface area contributed by atoms with Gasteiger partial charge >= 0.3 is 6.18 Å². The molecule has 3 N–H and O–H groups in total. The second-order valence-corrected chi connectivity index (χ2v) is 10.9. The number of likely N-dealkylation sites (tertiary alicyclic amines) is 1. The first-order valence-corrected chi connectivity index (χ1v) is 13.0. The molecule has 0 saturated carbocycles. The highest BCUT2D eigenvalue weighted by Crippen LogP contribution is 2.31. The lowest BCUT2D eigenvalue weighted by Gasteiger charge is -2.26. The zero-order valence-electron chi connectivity index (χ0n) is 18.0. The van der Waals surface area contributed by atoms with Crippen molar-refractivity contribution in [2.45, 2.75) is 30.3 Å². The van der Waals surface area contributed by atoms with Crippen molar-refractivity contribution in [2.24, 2.45) is 10.7 Å². The highest BCUT2D eigenvalue weighted by atomic mass is 32.3. The van der Waals surface area contributed by atoms with Gasteiger partial charge in [0.15, 0.2) is 4.90 Å². The van der Waals surface area contributed by atoms with E-state index in [1.54, 1.807) is 35.2 Å². The fourth-order valence-corrected chi connectivity index (χ4v) is 4.99. The number of nitrogens with two attached hydrogens (primary N) is 1. The minimum Gasteiger partial charge on any atom is -0.395 e. The Hall–Kier alpha value is -2.50. The number of alkyl halides is 3. The quantitative estimate of drug-likeness (QED) is 0.448. The third kappa shape index (κ3) is 6.75. The van der Waals surface area contributed by atoms with E-state index in [1.807, 2.05) is 0 Å². The fraction of sp³-hybridized carbons (Fsp3) is 0.364. The van der Waals surface area contributed by atoms with Crippen LogP contribution in [0, 0.1) is 0 Å². The second-order valence-electron chi connectivity index (χ2n) is 7.73. The van der Waals surface area contributed by atoms with Crippen LogP contribution >= 0.6 is 11.3 Å². The first-order valence-electron chi connectivity index (χ1n) is 10.2. The molecule has 1 fully saturated rings. The van der Waals surface area contributed by atoms with Gasteiger partial charge in [-0.2, -0.15) is 17.7 Å². The van der Waals surface area contributed by atoms with Gasteiger partial charge in [0.05, 0.1) is 10.6 Å². The molecular weight excluding hydrogens is 475 g/mol. The summed E-state index contributed by atoms with van der Waals surface area (Å²) < 4.78 is 61.0. The van der Waals surface area contributed by atoms with Gasteiger partial charge in [-0.05, 0) is 49.1 Å². The Morgan fingerprint density at radius 2 is 1.94 bits per heavy atom. The first-order chi connectivity index (χ1) is 15.4. The molecule has 11 heteroatoms. The van der Waals surface area contributed by atoms with Crippen LogP contribution in [0.15, 0.2) is 58.1 Å². The maximum absolute atomic E-state index is 13.1. The fourth-order valence-electron chi connectivity index (χ4n) is 3.34. The lowest BCUT2D eigenvalue weighted by atomic mass is 10.1. The Bertz CT molecular complexity index is 1110. The predicted molar refractivity (Wildman–Crippen MR) is 125 cm³/mol. The molecular formula is C22H25F3N3O3S2+. The number of nitrogens with zero attached hydrogens (tertiary/aromatic N) is 2. The van der Waals surface area contributed by atoms with Crippen molar-refractivity contribution in [3.05, 3.63) is 53.0 Å². The SMILES string of the molecule is C[S+](=O)(O)c1cccc(-c2ccc(C(C=C(N)C(F)(F)F)=NCC(=O)N3CCCCC3)s2)c1. The molecule has 2 heterocycles. The van der Waals surface area contributed by atoms with E-state index in [0.717, 1.165) is 36.7 Å². The number of piperidine rings is 1. The van der Waals surface area contributed by atoms with E-state index in [9.17, 15) is 26.7 Å². The second kappa shape index (κ2) is 10.2. The van der Waals surface area contributed by atoms with E-state index in [0.29, 0.717) is 28.4 Å². The summed E-state index contributed by atoms with van der Waals surface area (Å²) in [6, 6.07) is 9.76. The third-order valence-electron chi connectivity index (χ3n) is 5.13. The lowest BCUT2D eigenvalue weighted by molar-refractivity contribution is -0.130. The summed E-state index contributed by atoms with van der Waals surface area (Å²) >= 11 is 1.16. The van der Waals surface area contributed by atoms with Crippen LogP contribution in [0.5, 0.6) is 0 Å². The molecule has 1 aliphatic rings. The standard InChI is InChI=1S/C22H24F3N3O3S2/c1-33(30,31)16-7-5-6-15(12-16)18-8-9-19(32-18)17(13-20(26)22(23,24)25)27-14-21(29)28-10-3-2-4-11-28/h5-9,12-13H,2-4,10-11,14H2,1H3,(H2-,26,27,30,31)/p+1. The van der Waals surface area contributed by atoms with Gasteiger partial charge in [-0.15, -0.1) is 11.3 Å². The molecule has 0 bridgehead atoms. The average Bonchev–Trinajstić information content (AvgIpc) is 3.26. The number of carbonyl (C=O) groups is 1. The van der Waals surface area contributed by atoms with Gasteiger partial charge in [-0.3, -0.25) is 9.79 Å². The monoisotopic (exact) mass is 500 g/mol. The molecule has 178 valence electrons. The molecule has 0 aliphatic carbocycles. The topological polar surface area (TPSA) is 96.0 Å². The summed E-state index contributed by atoms with van der Waals surface area (Å²) in [5.74, 6) is -0.240. The largest absolute Gasteiger partial charge is 0.430 e. The van der Waals surface area contributed by atoms with E-state index < -0.39 is 22.1 Å². The molecule has 0 spiro atoms. The van der Waals surface area contributed by atoms with Crippen molar-refractivity contribution in [1.82, 2.24) is 4.90 Å². The van der Waals surface area contributed by atoms with E-state index >= 15 is 0 Å². The first kappa shape index (κ1) is 25.1. The third-order valence-corrected chi connectivity index (χ3v) is 7.41. The number of hydrogen-bond acceptors (Lipinski definition) is 5. The number of benzene rings is 1. The van der Waals surface area contributed by atoms with E-state index in [1.165, 1.54) is 12.3 Å². The number of hydrogen-bond donors (Lipinski definition) is 2. The Morgan fingerprint density at radius 1 is 1.24 bits per heavy atom. The Morgan fingerprint density at radius 3 is 2.58 bits per heavy atom. The molecule has 1 amide bonds. The lowest BCUT2D eigenvalue weighted by Crippen LogP contribution is -2.37. The van der Waals surface area contributed by atoms with Gasteiger partial charge in [0.2, 0.25) is 16.1 Å². The molecule has 1 aliphatic heterocycles. The Labute approximate surface area is 195 Å². The number of halogens is 3. The van der Waals surface area contributed by atoms with Gasteiger partial charge < -0.3 is 10.6 Å². The number of amides is 1. The Balaban J connectivity index is 1.92. The van der Waals surface area contributed by atoms with Crippen molar-refractivity contribution in [3.63, 3.8) is 0 Å². The number of thiophene rings is 1. The van der Waals surface area contributed by atoms with E-state index in [-0.39, 0.29) is 23.1 Å². The zero-order chi connectivity index (χ0) is 24.2. The van der Waals surface area contributed by atoms with Crippen LogP contribution in [0.25, 0.3) is 10.4 Å². The molecule has 0 radical (unpaired) electrons. The molecule has 2 aromatic rings. The molecule has 1 unspecified atom stereocenters. The molecule has 1 aromatic heterocycles. The molecule has 6 nitrogen and oxygen atoms in total. The normalized spacial score (nSPS) is 17.7. The summed E-state index contributed by atoms with van der Waals surface area (Å²) in [7, 11) is -3.17. The van der Waals surface area contributed by atoms with Crippen molar-refractivity contribution in [1.29, 1.82) is 0 Å². The smallest absolute Gasteiger partial charge is 0.395 e. The van der Waals surface area contributed by atoms with Crippen LogP contribution in [0.1, 0.15) is 24.1 Å². The van der Waals surface area contributed by atoms with Crippen molar-refractivity contribution >= 4 is 33.2 Å². The summed E-state index contributed by atoms with van der Waals surface area (Å²) in [6.07, 6.45) is 0.0616. The van der Waals surface area contributed by atoms with Crippen LogP contribution in [-0.2, 0) is 19.2 Å². The number of carbonyl (C=O) groups excluding carboxylic acids is 1. The van der Waals surface area contributed by atoms with Gasteiger partial charge in [-0.25, -0.2) is 0 Å². The van der Waals surface area contributed by atoms with Crippen LogP contribution < -0.4 is 5.73 Å². The molecule has 1 aromatic carbocycles. The number of rotatable bonds is 6. The minimum atomic E-state index is -4.73. The van der Waals surface area contributed by atoms with E-state index in [2.05, 4.69) is 4.99 Å². The predicted octanol–water partition coefficient (Wildman–Crippen LogP) is 4.58. The number of aliphatic imine (C=N–C) groups is 1. The van der Waals surface area contributed by atoms with Crippen molar-refractivity contribution in [2.75, 3.05) is 25.9 Å². The van der Waals surface area contributed by atoms with Crippen LogP contribution in [0.4, 0.5) is 13.2 Å². The Kier molecular flexibility index (Phi) is 7.76. The van der Waals surface area contributed by atoms with Crippen molar-refractivity contribution < 1.29 is 26.7 Å². The van der Waals surface area contributed by atoms with Crippen molar-refractivity contribution in [3.8, 4) is 10.4 Å². The highest BCUT2D eigenvalue weighted by Gasteiger charge is 2.32. The van der Waals surface area contributed by atoms with Gasteiger partial charge in [0.25, 0.3) is 0 Å². The van der Waals surface area contributed by atoms with Crippen LogP contribution in [0.3, 0.4) is 0 Å². The maximum atomic E-state index is 13.1. The summed E-state index contributed by atoms with van der Waals surface area (Å²) in [4.78, 5) is 19.6. The minimum absolute atomic E-state index is 0.0379. The molecule has 1 saturated heterocycles. The highest BCUT2D eigenvalue weighted by molar-refractivity contribution is 7.97. The van der Waals surface area contributed by atoms with Crippen LogP contribution in [0.2, 0.25) is 0 Å². The van der Waals surface area contributed by atoms with Gasteiger partial charge in [-0.1, -0.05) is 16.3 Å². The maximum Gasteiger partial charge on any atom is 0.430 e. The van der Waals surface area contributed by atoms with Gasteiger partial charge in [0, 0.05) is 24.0 Å². The van der Waals surface area contributed by atoms with Crippen LogP contribution in [-0.4, -0.2) is 53.1 Å².